The molecule has 0 aromatic rings. The Hall–Kier alpha value is -1.44. The minimum absolute atomic E-state index is 0.702. The fraction of sp³-hybridized carbons (Fsp3) is 0.111. The number of aldehydes is 2. The lowest BCUT2D eigenvalue weighted by Gasteiger charge is -1.83. The Morgan fingerprint density at radius 2 is 1.64 bits per heavy atom. The van der Waals surface area contributed by atoms with Gasteiger partial charge in [0, 0.05) is 0 Å². The van der Waals surface area contributed by atoms with Crippen molar-refractivity contribution in [3.8, 4) is 0 Å². The molecule has 2 heteroatoms. The van der Waals surface area contributed by atoms with Gasteiger partial charge in [0.25, 0.3) is 0 Å². The molecule has 0 spiro atoms. The molecule has 0 aromatic carbocycles. The van der Waals surface area contributed by atoms with Crippen LogP contribution in [-0.2, 0) is 9.59 Å². The van der Waals surface area contributed by atoms with Gasteiger partial charge in [-0.05, 0) is 19.1 Å². The van der Waals surface area contributed by atoms with Crippen molar-refractivity contribution in [3.63, 3.8) is 0 Å². The van der Waals surface area contributed by atoms with Crippen LogP contribution in [0.5, 0.6) is 0 Å². The van der Waals surface area contributed by atoms with Crippen LogP contribution in [0.1, 0.15) is 6.92 Å². The monoisotopic (exact) mass is 150 g/mol. The van der Waals surface area contributed by atoms with Gasteiger partial charge in [-0.3, -0.25) is 9.59 Å². The summed E-state index contributed by atoms with van der Waals surface area (Å²) in [5.41, 5.74) is 0.926. The maximum atomic E-state index is 9.85. The first-order chi connectivity index (χ1) is 5.31. The minimum Gasteiger partial charge on any atom is -0.299 e. The van der Waals surface area contributed by atoms with Gasteiger partial charge in [-0.2, -0.15) is 0 Å². The predicted molar refractivity (Wildman–Crippen MR) is 44.2 cm³/mol. The normalized spacial score (nSPS) is 12.6. The highest BCUT2D eigenvalue weighted by Crippen LogP contribution is 1.93. The third-order valence-electron chi connectivity index (χ3n) is 0.986. The van der Waals surface area contributed by atoms with Gasteiger partial charge in [0.2, 0.25) is 0 Å². The van der Waals surface area contributed by atoms with Crippen LogP contribution in [0.25, 0.3) is 0 Å². The third-order valence-corrected chi connectivity index (χ3v) is 0.986. The average Bonchev–Trinajstić information content (AvgIpc) is 2.01. The van der Waals surface area contributed by atoms with Gasteiger partial charge in [-0.15, -0.1) is 0 Å². The Bertz CT molecular complexity index is 210. The molecule has 0 amide bonds. The van der Waals surface area contributed by atoms with E-state index in [1.54, 1.807) is 18.2 Å². The van der Waals surface area contributed by atoms with Crippen molar-refractivity contribution >= 4 is 12.6 Å². The maximum absolute atomic E-state index is 9.85. The van der Waals surface area contributed by atoms with Gasteiger partial charge in [0.15, 0.2) is 0 Å². The summed E-state index contributed by atoms with van der Waals surface area (Å²) in [6, 6.07) is 0. The zero-order valence-corrected chi connectivity index (χ0v) is 6.36. The number of carbonyl (C=O) groups excluding carboxylic acids is 2. The Labute approximate surface area is 65.9 Å². The van der Waals surface area contributed by atoms with E-state index in [9.17, 15) is 9.59 Å². The molecule has 0 saturated carbocycles. The Kier molecular flexibility index (Phi) is 5.80. The molecule has 0 aliphatic heterocycles. The largest absolute Gasteiger partial charge is 0.299 e. The highest BCUT2D eigenvalue weighted by atomic mass is 16.1. The molecule has 0 saturated heterocycles. The predicted octanol–water partition coefficient (Wildman–Crippen LogP) is 1.44. The van der Waals surface area contributed by atoms with Crippen molar-refractivity contribution in [2.45, 2.75) is 6.92 Å². The second kappa shape index (κ2) is 6.68. The van der Waals surface area contributed by atoms with Gasteiger partial charge in [-0.1, -0.05) is 23.8 Å². The van der Waals surface area contributed by atoms with Crippen molar-refractivity contribution in [1.82, 2.24) is 0 Å². The Morgan fingerprint density at radius 1 is 1.00 bits per heavy atom. The standard InChI is InChI=1S/C9H10O2/c1-9(6-4-8-11)5-2-3-7-10/h2-8H,1H3. The molecule has 11 heavy (non-hydrogen) atoms. The molecule has 0 aromatic heterocycles. The number of hydrogen-bond acceptors (Lipinski definition) is 2. The number of allylic oxidation sites excluding steroid dienone is 6. The molecular formula is C9H10O2. The number of rotatable bonds is 4. The van der Waals surface area contributed by atoms with E-state index in [1.807, 2.05) is 6.92 Å². The van der Waals surface area contributed by atoms with Gasteiger partial charge in [0.1, 0.15) is 12.6 Å². The smallest absolute Gasteiger partial charge is 0.142 e. The number of carbonyl (C=O) groups is 2. The van der Waals surface area contributed by atoms with Gasteiger partial charge >= 0.3 is 0 Å². The molecule has 58 valence electrons. The molecule has 0 aliphatic rings. The van der Waals surface area contributed by atoms with E-state index in [4.69, 9.17) is 0 Å². The molecular weight excluding hydrogens is 140 g/mol. The minimum atomic E-state index is 0.702. The van der Waals surface area contributed by atoms with Crippen molar-refractivity contribution in [1.29, 1.82) is 0 Å². The first-order valence-corrected chi connectivity index (χ1v) is 3.22. The lowest BCUT2D eigenvalue weighted by molar-refractivity contribution is -0.104. The van der Waals surface area contributed by atoms with Crippen LogP contribution in [0.3, 0.4) is 0 Å². The van der Waals surface area contributed by atoms with Crippen LogP contribution in [0.4, 0.5) is 0 Å². The summed E-state index contributed by atoms with van der Waals surface area (Å²) in [6.45, 7) is 1.84. The molecule has 2 nitrogen and oxygen atoms in total. The summed E-state index contributed by atoms with van der Waals surface area (Å²) < 4.78 is 0. The zero-order chi connectivity index (χ0) is 8.53. The van der Waals surface area contributed by atoms with Gasteiger partial charge in [-0.25, -0.2) is 0 Å². The van der Waals surface area contributed by atoms with E-state index >= 15 is 0 Å². The summed E-state index contributed by atoms with van der Waals surface area (Å²) in [4.78, 5) is 19.7. The summed E-state index contributed by atoms with van der Waals surface area (Å²) in [5, 5.41) is 0. The summed E-state index contributed by atoms with van der Waals surface area (Å²) in [5.74, 6) is 0. The molecule has 0 heterocycles. The van der Waals surface area contributed by atoms with Crippen molar-refractivity contribution in [3.05, 3.63) is 36.0 Å². The second-order valence-corrected chi connectivity index (χ2v) is 1.93. The molecule has 0 rings (SSSR count). The third kappa shape index (κ3) is 6.45. The fourth-order valence-corrected chi connectivity index (χ4v) is 0.499. The van der Waals surface area contributed by atoms with E-state index in [2.05, 4.69) is 0 Å². The number of hydrogen-bond donors (Lipinski definition) is 0. The zero-order valence-electron chi connectivity index (χ0n) is 6.36. The highest BCUT2D eigenvalue weighted by Gasteiger charge is 1.75. The molecule has 0 radical (unpaired) electrons. The van der Waals surface area contributed by atoms with E-state index in [0.29, 0.717) is 12.6 Å². The molecule has 0 aliphatic carbocycles. The molecule has 0 unspecified atom stereocenters. The van der Waals surface area contributed by atoms with Crippen LogP contribution in [0.2, 0.25) is 0 Å². The molecule has 0 N–H and O–H groups in total. The second-order valence-electron chi connectivity index (χ2n) is 1.93. The maximum Gasteiger partial charge on any atom is 0.142 e. The molecule has 0 atom stereocenters. The van der Waals surface area contributed by atoms with Gasteiger partial charge in [0.05, 0.1) is 0 Å². The summed E-state index contributed by atoms with van der Waals surface area (Å²) in [6.07, 6.45) is 9.24. The van der Waals surface area contributed by atoms with Crippen LogP contribution < -0.4 is 0 Å². The molecule has 0 fully saturated rings. The van der Waals surface area contributed by atoms with E-state index in [-0.39, 0.29) is 0 Å². The van der Waals surface area contributed by atoms with Crippen LogP contribution in [0, 0.1) is 0 Å². The SMILES string of the molecule is CC(C=CC=O)=CC=CC=O. The van der Waals surface area contributed by atoms with Crippen molar-refractivity contribution in [2.75, 3.05) is 0 Å². The quantitative estimate of drug-likeness (QED) is 0.345. The first kappa shape index (κ1) is 9.56. The van der Waals surface area contributed by atoms with Crippen molar-refractivity contribution < 1.29 is 9.59 Å². The lowest BCUT2D eigenvalue weighted by Crippen LogP contribution is -1.67. The summed E-state index contributed by atoms with van der Waals surface area (Å²) in [7, 11) is 0. The van der Waals surface area contributed by atoms with Crippen LogP contribution in [0.15, 0.2) is 36.0 Å². The summed E-state index contributed by atoms with van der Waals surface area (Å²) >= 11 is 0. The lowest BCUT2D eigenvalue weighted by atomic mass is 10.2. The van der Waals surface area contributed by atoms with Gasteiger partial charge < -0.3 is 0 Å². The average molecular weight is 150 g/mol. The van der Waals surface area contributed by atoms with E-state index < -0.39 is 0 Å². The van der Waals surface area contributed by atoms with E-state index in [1.165, 1.54) is 12.2 Å². The Morgan fingerprint density at radius 3 is 2.18 bits per heavy atom. The van der Waals surface area contributed by atoms with Crippen LogP contribution in [-0.4, -0.2) is 12.6 Å². The topological polar surface area (TPSA) is 34.1 Å². The Balaban J connectivity index is 3.99. The highest BCUT2D eigenvalue weighted by molar-refractivity contribution is 5.66. The van der Waals surface area contributed by atoms with E-state index in [0.717, 1.165) is 5.57 Å². The van der Waals surface area contributed by atoms with Crippen LogP contribution >= 0.6 is 0 Å². The van der Waals surface area contributed by atoms with Crippen molar-refractivity contribution in [2.24, 2.45) is 0 Å². The first-order valence-electron chi connectivity index (χ1n) is 3.22. The molecule has 0 bridgehead atoms. The fourth-order valence-electron chi connectivity index (χ4n) is 0.499.